The van der Waals surface area contributed by atoms with Gasteiger partial charge >= 0.3 is 6.03 Å². The number of hydrogen-bond acceptors (Lipinski definition) is 4. The molecule has 25 heavy (non-hydrogen) atoms. The van der Waals surface area contributed by atoms with Crippen LogP contribution in [0.4, 0.5) is 20.6 Å². The number of carbonyl (C=O) groups is 1. The van der Waals surface area contributed by atoms with E-state index in [1.807, 2.05) is 13.8 Å². The summed E-state index contributed by atoms with van der Waals surface area (Å²) in [5.74, 6) is -0.101. The molecule has 0 unspecified atom stereocenters. The van der Waals surface area contributed by atoms with Gasteiger partial charge in [-0.05, 0) is 32.0 Å². The predicted molar refractivity (Wildman–Crippen MR) is 92.7 cm³/mol. The van der Waals surface area contributed by atoms with Crippen molar-refractivity contribution in [2.75, 3.05) is 10.6 Å². The molecule has 0 spiro atoms. The topological polar surface area (TPSA) is 84.7 Å². The van der Waals surface area contributed by atoms with Crippen molar-refractivity contribution in [1.82, 2.24) is 19.5 Å². The third-order valence-electron chi connectivity index (χ3n) is 3.54. The zero-order chi connectivity index (χ0) is 18.0. The summed E-state index contributed by atoms with van der Waals surface area (Å²) >= 11 is 5.67. The second kappa shape index (κ2) is 6.86. The molecule has 7 nitrogen and oxygen atoms in total. The summed E-state index contributed by atoms with van der Waals surface area (Å²) < 4.78 is 14.9. The van der Waals surface area contributed by atoms with Crippen molar-refractivity contribution < 1.29 is 9.18 Å². The number of imidazole rings is 1. The number of aryl methyl sites for hydroxylation is 1. The van der Waals surface area contributed by atoms with Crippen molar-refractivity contribution >= 4 is 29.0 Å². The van der Waals surface area contributed by atoms with Crippen LogP contribution in [-0.2, 0) is 0 Å². The van der Waals surface area contributed by atoms with Crippen molar-refractivity contribution in [3.63, 3.8) is 0 Å². The Bertz CT molecular complexity index is 925. The summed E-state index contributed by atoms with van der Waals surface area (Å²) in [6, 6.07) is 3.38. The van der Waals surface area contributed by atoms with Crippen molar-refractivity contribution in [3.8, 4) is 5.95 Å². The molecule has 128 valence electrons. The first-order chi connectivity index (χ1) is 11.9. The van der Waals surface area contributed by atoms with Gasteiger partial charge in [-0.3, -0.25) is 4.57 Å². The van der Waals surface area contributed by atoms with Gasteiger partial charge in [0.1, 0.15) is 12.1 Å². The quantitative estimate of drug-likeness (QED) is 0.745. The van der Waals surface area contributed by atoms with E-state index in [2.05, 4.69) is 25.6 Å². The number of hydrogen-bond donors (Lipinski definition) is 2. The monoisotopic (exact) mass is 360 g/mol. The second-order valence-corrected chi connectivity index (χ2v) is 5.67. The van der Waals surface area contributed by atoms with E-state index in [1.54, 1.807) is 10.9 Å². The predicted octanol–water partition coefficient (Wildman–Crippen LogP) is 3.72. The van der Waals surface area contributed by atoms with Crippen LogP contribution >= 0.6 is 11.6 Å². The fourth-order valence-electron chi connectivity index (χ4n) is 2.08. The molecular weight excluding hydrogens is 347 g/mol. The van der Waals surface area contributed by atoms with Gasteiger partial charge in [-0.2, -0.15) is 0 Å². The number of carbonyl (C=O) groups excluding carboxylic acids is 1. The first-order valence-electron chi connectivity index (χ1n) is 7.30. The van der Waals surface area contributed by atoms with Crippen LogP contribution in [-0.4, -0.2) is 25.6 Å². The van der Waals surface area contributed by atoms with Crippen LogP contribution in [0.2, 0.25) is 5.02 Å². The molecule has 0 radical (unpaired) electrons. The van der Waals surface area contributed by atoms with Crippen molar-refractivity contribution in [1.29, 1.82) is 0 Å². The Morgan fingerprint density at radius 1 is 1.12 bits per heavy atom. The number of nitrogens with one attached hydrogen (secondary N) is 2. The van der Waals surface area contributed by atoms with E-state index in [4.69, 9.17) is 11.6 Å². The highest BCUT2D eigenvalue weighted by Gasteiger charge is 2.09. The minimum atomic E-state index is -0.554. The molecule has 0 saturated carbocycles. The number of urea groups is 1. The third kappa shape index (κ3) is 3.74. The van der Waals surface area contributed by atoms with Gasteiger partial charge in [0.15, 0.2) is 0 Å². The number of benzene rings is 1. The lowest BCUT2D eigenvalue weighted by atomic mass is 10.3. The number of amides is 2. The molecule has 2 N–H and O–H groups in total. The van der Waals surface area contributed by atoms with Crippen LogP contribution in [0.1, 0.15) is 11.4 Å². The largest absolute Gasteiger partial charge is 0.323 e. The molecular formula is C16H14ClFN6O. The fraction of sp³-hybridized carbons (Fsp3) is 0.125. The first-order valence-corrected chi connectivity index (χ1v) is 7.68. The molecule has 0 aliphatic rings. The van der Waals surface area contributed by atoms with Crippen LogP contribution in [0.5, 0.6) is 0 Å². The highest BCUT2D eigenvalue weighted by molar-refractivity contribution is 6.31. The van der Waals surface area contributed by atoms with Crippen LogP contribution < -0.4 is 10.6 Å². The average Bonchev–Trinajstić information content (AvgIpc) is 2.91. The van der Waals surface area contributed by atoms with Crippen molar-refractivity contribution in [2.45, 2.75) is 13.8 Å². The molecule has 0 bridgehead atoms. The number of rotatable bonds is 3. The maximum atomic E-state index is 13.1. The van der Waals surface area contributed by atoms with E-state index in [0.717, 1.165) is 11.4 Å². The van der Waals surface area contributed by atoms with Gasteiger partial charge < -0.3 is 10.6 Å². The number of aromatic nitrogens is 4. The zero-order valence-electron chi connectivity index (χ0n) is 13.4. The number of halogens is 2. The molecule has 2 amide bonds. The number of nitrogens with zero attached hydrogens (tertiary/aromatic N) is 4. The van der Waals surface area contributed by atoms with Crippen LogP contribution in [0, 0.1) is 19.7 Å². The maximum Gasteiger partial charge on any atom is 0.323 e. The summed E-state index contributed by atoms with van der Waals surface area (Å²) in [6.45, 7) is 3.81. The Morgan fingerprint density at radius 3 is 2.40 bits per heavy atom. The van der Waals surface area contributed by atoms with E-state index >= 15 is 0 Å². The van der Waals surface area contributed by atoms with Crippen LogP contribution in [0.25, 0.3) is 5.95 Å². The Labute approximate surface area is 147 Å². The van der Waals surface area contributed by atoms with E-state index in [1.165, 1.54) is 30.6 Å². The lowest BCUT2D eigenvalue weighted by Crippen LogP contribution is -2.19. The SMILES string of the molecule is Cc1ncn(-c2ncc(NC(=O)Nc3ccc(F)c(Cl)c3)cn2)c1C. The van der Waals surface area contributed by atoms with Gasteiger partial charge in [0.25, 0.3) is 0 Å². The average molecular weight is 361 g/mol. The van der Waals surface area contributed by atoms with E-state index < -0.39 is 11.8 Å². The molecule has 0 atom stereocenters. The normalized spacial score (nSPS) is 10.6. The molecule has 0 aliphatic heterocycles. The van der Waals surface area contributed by atoms with Crippen LogP contribution in [0.3, 0.4) is 0 Å². The van der Waals surface area contributed by atoms with Gasteiger partial charge in [0, 0.05) is 11.4 Å². The van der Waals surface area contributed by atoms with Crippen molar-refractivity contribution in [2.24, 2.45) is 0 Å². The first kappa shape index (κ1) is 16.8. The Morgan fingerprint density at radius 2 is 1.80 bits per heavy atom. The summed E-state index contributed by atoms with van der Waals surface area (Å²) in [4.78, 5) is 24.6. The number of anilines is 2. The summed E-state index contributed by atoms with van der Waals surface area (Å²) in [6.07, 6.45) is 4.60. The molecule has 1 aromatic carbocycles. The van der Waals surface area contributed by atoms with Crippen LogP contribution in [0.15, 0.2) is 36.9 Å². The molecule has 3 aromatic rings. The highest BCUT2D eigenvalue weighted by atomic mass is 35.5. The standard InChI is InChI=1S/C16H14ClFN6O/c1-9-10(2)24(8-21-9)15-19-6-12(7-20-15)23-16(25)22-11-3-4-14(18)13(17)5-11/h3-8H,1-2H3,(H2,22,23,25). The Kier molecular flexibility index (Phi) is 4.62. The van der Waals surface area contributed by atoms with Gasteiger partial charge in [-0.15, -0.1) is 0 Å². The summed E-state index contributed by atoms with van der Waals surface area (Å²) in [5.41, 5.74) is 2.60. The molecule has 0 aliphatic carbocycles. The lowest BCUT2D eigenvalue weighted by molar-refractivity contribution is 0.262. The van der Waals surface area contributed by atoms with Gasteiger partial charge in [-0.1, -0.05) is 11.6 Å². The molecule has 0 saturated heterocycles. The minimum Gasteiger partial charge on any atom is -0.308 e. The maximum absolute atomic E-state index is 13.1. The lowest BCUT2D eigenvalue weighted by Gasteiger charge is -2.08. The van der Waals surface area contributed by atoms with E-state index in [0.29, 0.717) is 17.3 Å². The second-order valence-electron chi connectivity index (χ2n) is 5.27. The summed E-state index contributed by atoms with van der Waals surface area (Å²) in [7, 11) is 0. The molecule has 2 heterocycles. The van der Waals surface area contributed by atoms with E-state index in [-0.39, 0.29) is 5.02 Å². The van der Waals surface area contributed by atoms with Gasteiger partial charge in [-0.25, -0.2) is 24.1 Å². The molecule has 9 heteroatoms. The smallest absolute Gasteiger partial charge is 0.308 e. The van der Waals surface area contributed by atoms with Gasteiger partial charge in [0.2, 0.25) is 5.95 Å². The van der Waals surface area contributed by atoms with Crippen molar-refractivity contribution in [3.05, 3.63) is 59.1 Å². The Balaban J connectivity index is 1.67. The fourth-order valence-corrected chi connectivity index (χ4v) is 2.26. The molecule has 2 aromatic heterocycles. The van der Waals surface area contributed by atoms with E-state index in [9.17, 15) is 9.18 Å². The zero-order valence-corrected chi connectivity index (χ0v) is 14.2. The Hall–Kier alpha value is -3.00. The minimum absolute atomic E-state index is 0.0727. The summed E-state index contributed by atoms with van der Waals surface area (Å²) in [5, 5.41) is 5.06. The van der Waals surface area contributed by atoms with Gasteiger partial charge in [0.05, 0.1) is 28.8 Å². The molecule has 0 fully saturated rings. The highest BCUT2D eigenvalue weighted by Crippen LogP contribution is 2.19. The molecule has 3 rings (SSSR count). The third-order valence-corrected chi connectivity index (χ3v) is 3.83.